The average molecular weight is 309 g/mol. The third-order valence-electron chi connectivity index (χ3n) is 4.57. The molecule has 1 aromatic rings. The third-order valence-corrected chi connectivity index (χ3v) is 4.92. The van der Waals surface area contributed by atoms with Crippen LogP contribution in [0.3, 0.4) is 0 Å². The fraction of sp³-hybridized carbons (Fsp3) is 0.667. The number of anilines is 1. The highest BCUT2D eigenvalue weighted by Gasteiger charge is 2.35. The highest BCUT2D eigenvalue weighted by atomic mass is 35.5. The molecule has 0 bridgehead atoms. The van der Waals surface area contributed by atoms with Crippen LogP contribution in [0.1, 0.15) is 65.0 Å². The van der Waals surface area contributed by atoms with Crippen LogP contribution in [0.15, 0.2) is 12.1 Å². The molecule has 0 aliphatic carbocycles. The molecule has 1 heterocycles. The molecule has 0 saturated carbocycles. The second kappa shape index (κ2) is 6.18. The van der Waals surface area contributed by atoms with Crippen molar-refractivity contribution in [2.75, 3.05) is 11.4 Å². The highest BCUT2D eigenvalue weighted by Crippen LogP contribution is 2.44. The van der Waals surface area contributed by atoms with Crippen molar-refractivity contribution in [1.29, 1.82) is 0 Å². The maximum Gasteiger partial charge on any atom is 0.0471 e. The number of benzene rings is 1. The van der Waals surface area contributed by atoms with Crippen LogP contribution in [0.25, 0.3) is 0 Å². The summed E-state index contributed by atoms with van der Waals surface area (Å²) in [6, 6.07) is 4.96. The zero-order chi connectivity index (χ0) is 15.8. The smallest absolute Gasteiger partial charge is 0.0471 e. The number of hydrogen-bond donors (Lipinski definition) is 1. The maximum absolute atomic E-state index is 6.54. The van der Waals surface area contributed by atoms with E-state index in [-0.39, 0.29) is 5.54 Å². The predicted octanol–water partition coefficient (Wildman–Crippen LogP) is 4.95. The highest BCUT2D eigenvalue weighted by molar-refractivity contribution is 6.31. The first-order valence-corrected chi connectivity index (χ1v) is 8.47. The van der Waals surface area contributed by atoms with Crippen molar-refractivity contribution in [3.8, 4) is 0 Å². The van der Waals surface area contributed by atoms with Crippen molar-refractivity contribution < 1.29 is 0 Å². The monoisotopic (exact) mass is 308 g/mol. The summed E-state index contributed by atoms with van der Waals surface area (Å²) in [5.41, 5.74) is 4.18. The first-order valence-electron chi connectivity index (χ1n) is 8.09. The van der Waals surface area contributed by atoms with Crippen LogP contribution in [-0.2, 0) is 6.54 Å². The molecule has 21 heavy (non-hydrogen) atoms. The van der Waals surface area contributed by atoms with Crippen LogP contribution in [0, 0.1) is 0 Å². The first kappa shape index (κ1) is 16.6. The van der Waals surface area contributed by atoms with E-state index < -0.39 is 0 Å². The number of nitrogens with one attached hydrogen (secondary N) is 1. The quantitative estimate of drug-likeness (QED) is 0.846. The molecule has 0 fully saturated rings. The fourth-order valence-corrected chi connectivity index (χ4v) is 3.82. The van der Waals surface area contributed by atoms with Gasteiger partial charge in [-0.05, 0) is 50.3 Å². The molecule has 1 aliphatic heterocycles. The van der Waals surface area contributed by atoms with Crippen LogP contribution in [0.4, 0.5) is 5.69 Å². The van der Waals surface area contributed by atoms with Crippen molar-refractivity contribution in [3.05, 3.63) is 28.3 Å². The second-order valence-corrected chi connectivity index (χ2v) is 7.61. The molecule has 2 rings (SSSR count). The van der Waals surface area contributed by atoms with E-state index in [0.29, 0.717) is 12.0 Å². The van der Waals surface area contributed by atoms with Crippen LogP contribution in [-0.4, -0.2) is 18.1 Å². The maximum atomic E-state index is 6.54. The molecule has 0 spiro atoms. The van der Waals surface area contributed by atoms with Crippen molar-refractivity contribution in [3.63, 3.8) is 0 Å². The fourth-order valence-electron chi connectivity index (χ4n) is 3.60. The lowest BCUT2D eigenvalue weighted by atomic mass is 9.79. The number of hydrogen-bond acceptors (Lipinski definition) is 2. The lowest BCUT2D eigenvalue weighted by Gasteiger charge is -2.47. The Morgan fingerprint density at radius 1 is 1.38 bits per heavy atom. The van der Waals surface area contributed by atoms with E-state index in [1.807, 2.05) is 0 Å². The Balaban J connectivity index is 2.41. The lowest BCUT2D eigenvalue weighted by molar-refractivity contribution is 0.381. The molecule has 0 unspecified atom stereocenters. The number of rotatable bonds is 4. The zero-order valence-corrected chi connectivity index (χ0v) is 15.0. The molecule has 118 valence electrons. The molecular weight excluding hydrogens is 280 g/mol. The van der Waals surface area contributed by atoms with Crippen LogP contribution in [0.5, 0.6) is 0 Å². The Hall–Kier alpha value is -0.730. The molecule has 1 atom stereocenters. The lowest BCUT2D eigenvalue weighted by Crippen LogP contribution is -2.48. The molecule has 0 radical (unpaired) electrons. The van der Waals surface area contributed by atoms with E-state index in [1.165, 1.54) is 23.2 Å². The Kier molecular flexibility index (Phi) is 4.89. The van der Waals surface area contributed by atoms with Crippen molar-refractivity contribution in [1.82, 2.24) is 5.32 Å². The van der Waals surface area contributed by atoms with E-state index in [4.69, 9.17) is 11.6 Å². The minimum absolute atomic E-state index is 0.197. The summed E-state index contributed by atoms with van der Waals surface area (Å²) >= 11 is 6.54. The molecule has 1 aliphatic rings. The summed E-state index contributed by atoms with van der Waals surface area (Å²) in [6.07, 6.45) is 1.19. The molecule has 3 heteroatoms. The van der Waals surface area contributed by atoms with Gasteiger partial charge in [-0.3, -0.25) is 0 Å². The van der Waals surface area contributed by atoms with Gasteiger partial charge in [-0.15, -0.1) is 0 Å². The topological polar surface area (TPSA) is 15.3 Å². The van der Waals surface area contributed by atoms with Gasteiger partial charge in [0.25, 0.3) is 0 Å². The van der Waals surface area contributed by atoms with Gasteiger partial charge in [0.15, 0.2) is 0 Å². The molecule has 0 aromatic heterocycles. The largest absolute Gasteiger partial charge is 0.366 e. The van der Waals surface area contributed by atoms with Gasteiger partial charge in [-0.1, -0.05) is 38.4 Å². The van der Waals surface area contributed by atoms with Gasteiger partial charge < -0.3 is 10.2 Å². The zero-order valence-electron chi connectivity index (χ0n) is 14.3. The van der Waals surface area contributed by atoms with E-state index in [2.05, 4.69) is 63.9 Å². The Morgan fingerprint density at radius 2 is 2.05 bits per heavy atom. The number of nitrogens with zero attached hydrogens (tertiary/aromatic N) is 1. The van der Waals surface area contributed by atoms with Crippen LogP contribution >= 0.6 is 11.6 Å². The van der Waals surface area contributed by atoms with Crippen molar-refractivity contribution in [2.45, 2.75) is 72.0 Å². The molecule has 2 nitrogen and oxygen atoms in total. The molecular formula is C18H29ClN2. The standard InChI is InChI=1S/C18H29ClN2/c1-7-21-17-9-16(19)14(11-20-12(2)3)8-15(17)13(4)10-18(21,5)6/h8-9,12-13,20H,7,10-11H2,1-6H3/t13-/m0/s1. The first-order chi connectivity index (χ1) is 9.76. The molecule has 0 amide bonds. The van der Waals surface area contributed by atoms with Crippen LogP contribution in [0.2, 0.25) is 5.02 Å². The van der Waals surface area contributed by atoms with Crippen molar-refractivity contribution >= 4 is 17.3 Å². The summed E-state index contributed by atoms with van der Waals surface area (Å²) in [7, 11) is 0. The summed E-state index contributed by atoms with van der Waals surface area (Å²) in [4.78, 5) is 2.49. The van der Waals surface area contributed by atoms with Gasteiger partial charge in [0, 0.05) is 35.4 Å². The summed E-state index contributed by atoms with van der Waals surface area (Å²) in [5.74, 6) is 0.577. The summed E-state index contributed by atoms with van der Waals surface area (Å²) in [6.45, 7) is 15.4. The van der Waals surface area contributed by atoms with Crippen molar-refractivity contribution in [2.24, 2.45) is 0 Å². The Labute approximate surface area is 134 Å². The summed E-state index contributed by atoms with van der Waals surface area (Å²) in [5, 5.41) is 4.35. The van der Waals surface area contributed by atoms with Gasteiger partial charge in [0.1, 0.15) is 0 Å². The SMILES string of the molecule is CCN1c2cc(Cl)c(CNC(C)C)cc2[C@@H](C)CC1(C)C. The second-order valence-electron chi connectivity index (χ2n) is 7.20. The Bertz CT molecular complexity index is 508. The summed E-state index contributed by atoms with van der Waals surface area (Å²) < 4.78 is 0. The minimum Gasteiger partial charge on any atom is -0.366 e. The minimum atomic E-state index is 0.197. The number of halogens is 1. The molecule has 1 aromatic carbocycles. The van der Waals surface area contributed by atoms with Crippen LogP contribution < -0.4 is 10.2 Å². The van der Waals surface area contributed by atoms with E-state index in [1.54, 1.807) is 0 Å². The Morgan fingerprint density at radius 3 is 2.62 bits per heavy atom. The van der Waals surface area contributed by atoms with Gasteiger partial charge in [-0.2, -0.15) is 0 Å². The van der Waals surface area contributed by atoms with Gasteiger partial charge in [0.2, 0.25) is 0 Å². The average Bonchev–Trinajstić information content (AvgIpc) is 2.36. The van der Waals surface area contributed by atoms with Gasteiger partial charge >= 0.3 is 0 Å². The van der Waals surface area contributed by atoms with E-state index in [9.17, 15) is 0 Å². The number of fused-ring (bicyclic) bond motifs is 1. The van der Waals surface area contributed by atoms with Gasteiger partial charge in [-0.25, -0.2) is 0 Å². The third kappa shape index (κ3) is 3.37. The normalized spacial score (nSPS) is 20.8. The van der Waals surface area contributed by atoms with E-state index >= 15 is 0 Å². The van der Waals surface area contributed by atoms with E-state index in [0.717, 1.165) is 18.1 Å². The molecule has 1 N–H and O–H groups in total. The van der Waals surface area contributed by atoms with Gasteiger partial charge in [0.05, 0.1) is 0 Å². The molecule has 0 saturated heterocycles. The predicted molar refractivity (Wildman–Crippen MR) is 93.6 cm³/mol.